The van der Waals surface area contributed by atoms with Gasteiger partial charge in [0.25, 0.3) is 0 Å². The van der Waals surface area contributed by atoms with E-state index in [1.807, 2.05) is 19.9 Å². The van der Waals surface area contributed by atoms with Gasteiger partial charge in [0, 0.05) is 6.08 Å². The largest absolute Gasteiger partial charge is 0.207 e. The van der Waals surface area contributed by atoms with Crippen molar-refractivity contribution < 1.29 is 4.39 Å². The molecule has 0 radical (unpaired) electrons. The van der Waals surface area contributed by atoms with Gasteiger partial charge in [0.05, 0.1) is 0 Å². The molecule has 0 rings (SSSR count). The van der Waals surface area contributed by atoms with Gasteiger partial charge in [-0.05, 0) is 25.8 Å². The molecule has 0 unspecified atom stereocenters. The van der Waals surface area contributed by atoms with Crippen molar-refractivity contribution in [3.63, 3.8) is 0 Å². The first-order chi connectivity index (χ1) is 5.56. The number of rotatable bonds is 3. The molecule has 0 saturated heterocycles. The molecular weight excluding hydrogens is 151 g/mol. The molecule has 0 aliphatic rings. The van der Waals surface area contributed by atoms with Crippen LogP contribution in [-0.2, 0) is 0 Å². The molecule has 12 heavy (non-hydrogen) atoms. The van der Waals surface area contributed by atoms with Crippen LogP contribution < -0.4 is 0 Å². The summed E-state index contributed by atoms with van der Waals surface area (Å²) in [5.74, 6) is -0.461. The lowest BCUT2D eigenvalue weighted by molar-refractivity contribution is 0.671. The highest BCUT2D eigenvalue weighted by Crippen LogP contribution is 2.04. The Hall–Kier alpha value is -1.07. The molecule has 0 aliphatic heterocycles. The van der Waals surface area contributed by atoms with Crippen LogP contribution in [0.4, 0.5) is 4.39 Å². The maximum atomic E-state index is 12.1. The van der Waals surface area contributed by atoms with E-state index in [1.54, 1.807) is 0 Å². The lowest BCUT2D eigenvalue weighted by Crippen LogP contribution is -1.72. The molecule has 0 aromatic heterocycles. The van der Waals surface area contributed by atoms with E-state index in [9.17, 15) is 4.39 Å². The maximum absolute atomic E-state index is 12.1. The van der Waals surface area contributed by atoms with Crippen molar-refractivity contribution in [3.05, 3.63) is 41.4 Å². The molecule has 0 spiro atoms. The Morgan fingerprint density at radius 2 is 2.08 bits per heavy atom. The molecule has 0 nitrogen and oxygen atoms in total. The van der Waals surface area contributed by atoms with E-state index < -0.39 is 5.83 Å². The summed E-state index contributed by atoms with van der Waals surface area (Å²) < 4.78 is 12.1. The smallest absolute Gasteiger partial charge is 0.123 e. The highest BCUT2D eigenvalue weighted by Gasteiger charge is 1.84. The predicted octanol–water partition coefficient (Wildman–Crippen LogP) is 3.93. The zero-order chi connectivity index (χ0) is 9.56. The quantitative estimate of drug-likeness (QED) is 0.440. The minimum Gasteiger partial charge on any atom is -0.207 e. The average molecular weight is 166 g/mol. The summed E-state index contributed by atoms with van der Waals surface area (Å²) in [6, 6.07) is 0. The van der Waals surface area contributed by atoms with E-state index in [1.165, 1.54) is 11.6 Å². The summed E-state index contributed by atoms with van der Waals surface area (Å²) in [6.07, 6.45) is 4.24. The Morgan fingerprint density at radius 3 is 2.50 bits per heavy atom. The lowest BCUT2D eigenvalue weighted by Gasteiger charge is -1.92. The molecule has 0 aromatic rings. The van der Waals surface area contributed by atoms with Gasteiger partial charge < -0.3 is 0 Å². The molecule has 0 aromatic carbocycles. The highest BCUT2D eigenvalue weighted by molar-refractivity contribution is 5.22. The summed E-state index contributed by atoms with van der Waals surface area (Å²) in [6.45, 7) is 9.11. The third kappa shape index (κ3) is 5.70. The first-order valence-corrected chi connectivity index (χ1v) is 4.01. The van der Waals surface area contributed by atoms with E-state index in [0.717, 1.165) is 12.0 Å². The van der Waals surface area contributed by atoms with Crippen LogP contribution in [0.2, 0.25) is 0 Å². The molecule has 0 heterocycles. The van der Waals surface area contributed by atoms with Gasteiger partial charge in [-0.1, -0.05) is 25.2 Å². The van der Waals surface area contributed by atoms with Crippen molar-refractivity contribution in [1.29, 1.82) is 0 Å². The van der Waals surface area contributed by atoms with Gasteiger partial charge >= 0.3 is 0 Å². The topological polar surface area (TPSA) is 0 Å². The third-order valence-electron chi connectivity index (χ3n) is 1.48. The second kappa shape index (κ2) is 5.56. The molecular formula is C11H15F. The molecule has 0 atom stereocenters. The lowest BCUT2D eigenvalue weighted by atomic mass is 10.1. The fourth-order valence-corrected chi connectivity index (χ4v) is 0.705. The van der Waals surface area contributed by atoms with Crippen molar-refractivity contribution in [3.8, 4) is 0 Å². The Bertz CT molecular complexity index is 250. The van der Waals surface area contributed by atoms with E-state index in [0.29, 0.717) is 0 Å². The first-order valence-electron chi connectivity index (χ1n) is 4.01. The van der Waals surface area contributed by atoms with Crippen molar-refractivity contribution in [2.75, 3.05) is 0 Å². The van der Waals surface area contributed by atoms with Crippen LogP contribution in [0.3, 0.4) is 0 Å². The van der Waals surface area contributed by atoms with E-state index >= 15 is 0 Å². The predicted molar refractivity (Wildman–Crippen MR) is 51.6 cm³/mol. The molecule has 1 heteroatoms. The van der Waals surface area contributed by atoms with E-state index in [4.69, 9.17) is 0 Å². The molecule has 66 valence electrons. The van der Waals surface area contributed by atoms with Crippen LogP contribution in [0.1, 0.15) is 27.2 Å². The van der Waals surface area contributed by atoms with Crippen molar-refractivity contribution in [2.45, 2.75) is 27.2 Å². The van der Waals surface area contributed by atoms with Gasteiger partial charge in [0.2, 0.25) is 0 Å². The van der Waals surface area contributed by atoms with Gasteiger partial charge in [0.15, 0.2) is 0 Å². The van der Waals surface area contributed by atoms with Crippen LogP contribution in [0, 0.1) is 0 Å². The van der Waals surface area contributed by atoms with Crippen LogP contribution in [-0.4, -0.2) is 0 Å². The normalized spacial score (nSPS) is 10.5. The SMILES string of the molecule is C=C(F)C=C=C(C)/C=C(/C)CC. The second-order valence-electron chi connectivity index (χ2n) is 2.76. The Labute approximate surface area is 73.8 Å². The fourth-order valence-electron chi connectivity index (χ4n) is 0.705. The first kappa shape index (κ1) is 10.9. The van der Waals surface area contributed by atoms with Gasteiger partial charge in [-0.25, -0.2) is 4.39 Å². The molecule has 0 bridgehead atoms. The van der Waals surface area contributed by atoms with Gasteiger partial charge in [-0.2, -0.15) is 0 Å². The summed E-state index contributed by atoms with van der Waals surface area (Å²) in [7, 11) is 0. The highest BCUT2D eigenvalue weighted by atomic mass is 19.1. The monoisotopic (exact) mass is 166 g/mol. The van der Waals surface area contributed by atoms with E-state index in [-0.39, 0.29) is 0 Å². The van der Waals surface area contributed by atoms with Crippen molar-refractivity contribution in [2.24, 2.45) is 0 Å². The summed E-state index contributed by atoms with van der Waals surface area (Å²) in [4.78, 5) is 0. The summed E-state index contributed by atoms with van der Waals surface area (Å²) in [5.41, 5.74) is 4.97. The molecule has 0 N–H and O–H groups in total. The fraction of sp³-hybridized carbons (Fsp3) is 0.364. The zero-order valence-electron chi connectivity index (χ0n) is 7.95. The van der Waals surface area contributed by atoms with Crippen LogP contribution in [0.25, 0.3) is 0 Å². The minimum absolute atomic E-state index is 0.461. The maximum Gasteiger partial charge on any atom is 0.123 e. The van der Waals surface area contributed by atoms with Gasteiger partial charge in [-0.15, -0.1) is 5.73 Å². The van der Waals surface area contributed by atoms with Crippen molar-refractivity contribution in [1.82, 2.24) is 0 Å². The Morgan fingerprint density at radius 1 is 1.50 bits per heavy atom. The number of hydrogen-bond donors (Lipinski definition) is 0. The number of hydrogen-bond acceptors (Lipinski definition) is 0. The minimum atomic E-state index is -0.461. The number of allylic oxidation sites excluding steroid dienone is 4. The molecule has 0 saturated carbocycles. The number of halogens is 1. The molecule has 0 fully saturated rings. The Kier molecular flexibility index (Phi) is 5.07. The van der Waals surface area contributed by atoms with E-state index in [2.05, 4.69) is 19.2 Å². The standard InChI is InChI=1S/C11H15F/c1-5-9(2)8-10(3)6-7-11(4)12/h7-8H,4-5H2,1-3H3/b9-8-. The summed E-state index contributed by atoms with van der Waals surface area (Å²) >= 11 is 0. The van der Waals surface area contributed by atoms with Gasteiger partial charge in [0.1, 0.15) is 5.83 Å². The van der Waals surface area contributed by atoms with Gasteiger partial charge in [-0.3, -0.25) is 0 Å². The zero-order valence-corrected chi connectivity index (χ0v) is 7.95. The third-order valence-corrected chi connectivity index (χ3v) is 1.48. The Balaban J connectivity index is 4.49. The summed E-state index contributed by atoms with van der Waals surface area (Å²) in [5, 5.41) is 0. The second-order valence-corrected chi connectivity index (χ2v) is 2.76. The van der Waals surface area contributed by atoms with Crippen LogP contribution in [0.5, 0.6) is 0 Å². The molecule has 0 aliphatic carbocycles. The van der Waals surface area contributed by atoms with Crippen LogP contribution in [0.15, 0.2) is 41.4 Å². The molecule has 0 amide bonds. The average Bonchev–Trinajstić information content (AvgIpc) is 2.00. The van der Waals surface area contributed by atoms with Crippen LogP contribution >= 0.6 is 0 Å². The van der Waals surface area contributed by atoms with Crippen molar-refractivity contribution >= 4 is 0 Å².